The van der Waals surface area contributed by atoms with Crippen molar-refractivity contribution in [2.45, 2.75) is 23.9 Å². The van der Waals surface area contributed by atoms with Gasteiger partial charge < -0.3 is 5.11 Å². The molecule has 3 aromatic carbocycles. The minimum atomic E-state index is -4.54. The SMILES string of the molecule is O=C(O)c1ccc(CCc2cccc(NS(=O)(=O)c3ccc(C(F)(F)F)cc3)c2)cc1. The number of aromatic carboxylic acids is 1. The average molecular weight is 449 g/mol. The van der Waals surface area contributed by atoms with Crippen LogP contribution in [0, 0.1) is 0 Å². The van der Waals surface area contributed by atoms with Gasteiger partial charge in [0.2, 0.25) is 0 Å². The van der Waals surface area contributed by atoms with Crippen molar-refractivity contribution in [1.82, 2.24) is 0 Å². The number of nitrogens with one attached hydrogen (secondary N) is 1. The number of halogens is 3. The minimum Gasteiger partial charge on any atom is -0.478 e. The Kier molecular flexibility index (Phi) is 6.35. The summed E-state index contributed by atoms with van der Waals surface area (Å²) in [6, 6.07) is 16.4. The number of carboxylic acids is 1. The summed E-state index contributed by atoms with van der Waals surface area (Å²) in [4.78, 5) is 10.6. The first kappa shape index (κ1) is 22.4. The molecule has 5 nitrogen and oxygen atoms in total. The van der Waals surface area contributed by atoms with Gasteiger partial charge in [0.05, 0.1) is 16.0 Å². The third kappa shape index (κ3) is 5.85. The molecule has 0 saturated heterocycles. The zero-order valence-electron chi connectivity index (χ0n) is 16.1. The Labute approximate surface area is 177 Å². The molecule has 0 heterocycles. The molecule has 0 atom stereocenters. The first-order chi connectivity index (χ1) is 14.5. The van der Waals surface area contributed by atoms with E-state index in [1.807, 2.05) is 6.07 Å². The van der Waals surface area contributed by atoms with Gasteiger partial charge in [-0.15, -0.1) is 0 Å². The number of benzene rings is 3. The van der Waals surface area contributed by atoms with E-state index >= 15 is 0 Å². The summed E-state index contributed by atoms with van der Waals surface area (Å²) in [5.41, 5.74) is 1.34. The number of carboxylic acid groups (broad SMARTS) is 1. The standard InChI is InChI=1S/C22H18F3NO4S/c23-22(24,25)18-10-12-20(13-11-18)31(29,30)26-19-3-1-2-16(14-19)5-4-15-6-8-17(9-7-15)21(27)28/h1-3,6-14,26H,4-5H2,(H,27,28). The Morgan fingerprint density at radius 1 is 0.871 bits per heavy atom. The first-order valence-corrected chi connectivity index (χ1v) is 10.6. The van der Waals surface area contributed by atoms with Crippen LogP contribution in [0.2, 0.25) is 0 Å². The maximum Gasteiger partial charge on any atom is 0.416 e. The summed E-state index contributed by atoms with van der Waals surface area (Å²) in [7, 11) is -4.05. The monoisotopic (exact) mass is 449 g/mol. The molecular formula is C22H18F3NO4S. The zero-order valence-corrected chi connectivity index (χ0v) is 16.9. The molecule has 0 aromatic heterocycles. The molecule has 0 spiro atoms. The highest BCUT2D eigenvalue weighted by molar-refractivity contribution is 7.92. The summed E-state index contributed by atoms with van der Waals surface area (Å²) in [6.07, 6.45) is -3.34. The van der Waals surface area contributed by atoms with Gasteiger partial charge in [0, 0.05) is 5.69 Å². The summed E-state index contributed by atoms with van der Waals surface area (Å²) < 4.78 is 65.4. The largest absolute Gasteiger partial charge is 0.478 e. The molecular weight excluding hydrogens is 431 g/mol. The predicted octanol–water partition coefficient (Wildman–Crippen LogP) is 4.99. The quantitative estimate of drug-likeness (QED) is 0.532. The summed E-state index contributed by atoms with van der Waals surface area (Å²) in [5.74, 6) is -1.00. The number of hydrogen-bond donors (Lipinski definition) is 2. The van der Waals surface area contributed by atoms with E-state index in [1.54, 1.807) is 30.3 Å². The van der Waals surface area contributed by atoms with Gasteiger partial charge in [0.15, 0.2) is 0 Å². The number of anilines is 1. The lowest BCUT2D eigenvalue weighted by atomic mass is 10.0. The number of alkyl halides is 3. The molecule has 3 rings (SSSR count). The second-order valence-corrected chi connectivity index (χ2v) is 8.51. The van der Waals surface area contributed by atoms with Gasteiger partial charge in [-0.3, -0.25) is 4.72 Å². The van der Waals surface area contributed by atoms with Gasteiger partial charge >= 0.3 is 12.1 Å². The van der Waals surface area contributed by atoms with Crippen molar-refractivity contribution in [1.29, 1.82) is 0 Å². The molecule has 0 aliphatic carbocycles. The molecule has 31 heavy (non-hydrogen) atoms. The molecule has 0 aliphatic rings. The van der Waals surface area contributed by atoms with E-state index in [-0.39, 0.29) is 10.5 Å². The highest BCUT2D eigenvalue weighted by Crippen LogP contribution is 2.30. The first-order valence-electron chi connectivity index (χ1n) is 9.16. The van der Waals surface area contributed by atoms with E-state index in [4.69, 9.17) is 5.11 Å². The van der Waals surface area contributed by atoms with Crippen molar-refractivity contribution in [2.75, 3.05) is 4.72 Å². The van der Waals surface area contributed by atoms with Crippen molar-refractivity contribution in [2.24, 2.45) is 0 Å². The number of rotatable bonds is 7. The maximum atomic E-state index is 12.7. The molecule has 3 aromatic rings. The molecule has 0 saturated carbocycles. The van der Waals surface area contributed by atoms with Crippen molar-refractivity contribution in [3.8, 4) is 0 Å². The van der Waals surface area contributed by atoms with Crippen molar-refractivity contribution in [3.63, 3.8) is 0 Å². The molecule has 0 amide bonds. The lowest BCUT2D eigenvalue weighted by Gasteiger charge is -2.11. The number of carbonyl (C=O) groups is 1. The highest BCUT2D eigenvalue weighted by atomic mass is 32.2. The summed E-state index contributed by atoms with van der Waals surface area (Å²) in [6.45, 7) is 0. The second-order valence-electron chi connectivity index (χ2n) is 6.83. The molecule has 162 valence electrons. The number of sulfonamides is 1. The molecule has 0 bridgehead atoms. The van der Waals surface area contributed by atoms with E-state index in [1.165, 1.54) is 12.1 Å². The van der Waals surface area contributed by atoms with Crippen LogP contribution in [0.3, 0.4) is 0 Å². The third-order valence-electron chi connectivity index (χ3n) is 4.57. The third-order valence-corrected chi connectivity index (χ3v) is 5.97. The van der Waals surface area contributed by atoms with Gasteiger partial charge in [-0.25, -0.2) is 13.2 Å². The fourth-order valence-electron chi connectivity index (χ4n) is 2.93. The van der Waals surface area contributed by atoms with Crippen LogP contribution >= 0.6 is 0 Å². The Morgan fingerprint density at radius 2 is 1.48 bits per heavy atom. The van der Waals surface area contributed by atoms with Gasteiger partial charge in [-0.2, -0.15) is 13.2 Å². The van der Waals surface area contributed by atoms with Crippen LogP contribution in [-0.4, -0.2) is 19.5 Å². The molecule has 9 heteroatoms. The predicted molar refractivity (Wildman–Crippen MR) is 110 cm³/mol. The van der Waals surface area contributed by atoms with Crippen LogP contribution in [0.1, 0.15) is 27.0 Å². The molecule has 0 aliphatic heterocycles. The van der Waals surface area contributed by atoms with E-state index in [9.17, 15) is 26.4 Å². The van der Waals surface area contributed by atoms with Crippen LogP contribution in [0.15, 0.2) is 77.7 Å². The van der Waals surface area contributed by atoms with Gasteiger partial charge in [-0.1, -0.05) is 24.3 Å². The number of aryl methyl sites for hydroxylation is 2. The fourth-order valence-corrected chi connectivity index (χ4v) is 3.98. The molecule has 0 radical (unpaired) electrons. The van der Waals surface area contributed by atoms with E-state index in [0.717, 1.165) is 35.4 Å². The average Bonchev–Trinajstić information content (AvgIpc) is 2.72. The smallest absolute Gasteiger partial charge is 0.416 e. The summed E-state index contributed by atoms with van der Waals surface area (Å²) >= 11 is 0. The Balaban J connectivity index is 1.68. The maximum absolute atomic E-state index is 12.7. The topological polar surface area (TPSA) is 83.5 Å². The fraction of sp³-hybridized carbons (Fsp3) is 0.136. The Bertz CT molecular complexity index is 1170. The van der Waals surface area contributed by atoms with E-state index < -0.39 is 27.7 Å². The zero-order chi connectivity index (χ0) is 22.6. The van der Waals surface area contributed by atoms with Crippen LogP contribution < -0.4 is 4.72 Å². The lowest BCUT2D eigenvalue weighted by Crippen LogP contribution is -2.14. The normalized spacial score (nSPS) is 11.8. The Hall–Kier alpha value is -3.33. The second kappa shape index (κ2) is 8.81. The van der Waals surface area contributed by atoms with Crippen molar-refractivity contribution in [3.05, 3.63) is 95.1 Å². The number of hydrogen-bond acceptors (Lipinski definition) is 3. The lowest BCUT2D eigenvalue weighted by molar-refractivity contribution is -0.137. The summed E-state index contributed by atoms with van der Waals surface area (Å²) in [5, 5.41) is 8.93. The highest BCUT2D eigenvalue weighted by Gasteiger charge is 2.30. The molecule has 0 unspecified atom stereocenters. The van der Waals surface area contributed by atoms with Crippen LogP contribution in [0.5, 0.6) is 0 Å². The molecule has 2 N–H and O–H groups in total. The van der Waals surface area contributed by atoms with Crippen LogP contribution in [0.25, 0.3) is 0 Å². The van der Waals surface area contributed by atoms with E-state index in [2.05, 4.69) is 4.72 Å². The van der Waals surface area contributed by atoms with Gasteiger partial charge in [0.25, 0.3) is 10.0 Å². The Morgan fingerprint density at radius 3 is 2.06 bits per heavy atom. The van der Waals surface area contributed by atoms with Gasteiger partial charge in [0.1, 0.15) is 0 Å². The van der Waals surface area contributed by atoms with Crippen LogP contribution in [0.4, 0.5) is 18.9 Å². The van der Waals surface area contributed by atoms with Crippen molar-refractivity contribution >= 4 is 21.7 Å². The minimum absolute atomic E-state index is 0.198. The van der Waals surface area contributed by atoms with Crippen molar-refractivity contribution < 1.29 is 31.5 Å². The van der Waals surface area contributed by atoms with E-state index in [0.29, 0.717) is 18.5 Å². The van der Waals surface area contributed by atoms with Gasteiger partial charge in [-0.05, 0) is 72.5 Å². The molecule has 0 fully saturated rings. The van der Waals surface area contributed by atoms with Crippen LogP contribution in [-0.2, 0) is 29.0 Å².